The summed E-state index contributed by atoms with van der Waals surface area (Å²) in [6.45, 7) is 2.07. The number of hydrogen-bond acceptors (Lipinski definition) is 3. The van der Waals surface area contributed by atoms with Crippen molar-refractivity contribution in [2.75, 3.05) is 0 Å². The number of halogens is 2. The Bertz CT molecular complexity index is 548. The van der Waals surface area contributed by atoms with Crippen molar-refractivity contribution in [1.82, 2.24) is 9.97 Å². The van der Waals surface area contributed by atoms with Gasteiger partial charge in [0, 0.05) is 16.1 Å². The molecule has 0 unspecified atom stereocenters. The topological polar surface area (TPSA) is 35.0 Å². The summed E-state index contributed by atoms with van der Waals surface area (Å²) in [5.74, 6) is 1.95. The van der Waals surface area contributed by atoms with Crippen molar-refractivity contribution in [2.45, 2.75) is 19.8 Å². The number of aryl methyl sites for hydroxylation is 1. The zero-order valence-electron chi connectivity index (χ0n) is 9.86. The molecule has 0 aliphatic rings. The van der Waals surface area contributed by atoms with Crippen molar-refractivity contribution in [3.63, 3.8) is 0 Å². The van der Waals surface area contributed by atoms with Gasteiger partial charge >= 0.3 is 0 Å². The van der Waals surface area contributed by atoms with Crippen LogP contribution in [0.5, 0.6) is 11.6 Å². The van der Waals surface area contributed by atoms with E-state index in [-0.39, 0.29) is 0 Å². The Morgan fingerprint density at radius 3 is 2.83 bits per heavy atom. The van der Waals surface area contributed by atoms with Crippen LogP contribution in [0.2, 0.25) is 5.15 Å². The van der Waals surface area contributed by atoms with Gasteiger partial charge in [0.25, 0.3) is 0 Å². The van der Waals surface area contributed by atoms with Crippen molar-refractivity contribution in [3.8, 4) is 11.6 Å². The number of ether oxygens (including phenoxy) is 1. The van der Waals surface area contributed by atoms with Crippen LogP contribution in [0.1, 0.15) is 19.2 Å². The second kappa shape index (κ2) is 6.33. The van der Waals surface area contributed by atoms with Gasteiger partial charge < -0.3 is 4.74 Å². The third kappa shape index (κ3) is 3.81. The molecule has 0 radical (unpaired) electrons. The molecule has 0 saturated carbocycles. The van der Waals surface area contributed by atoms with Crippen LogP contribution in [-0.4, -0.2) is 9.97 Å². The Kier molecular flexibility index (Phi) is 4.77. The summed E-state index contributed by atoms with van der Waals surface area (Å²) in [5, 5.41) is 0.411. The third-order valence-electron chi connectivity index (χ3n) is 2.21. The molecule has 0 atom stereocenters. The third-order valence-corrected chi connectivity index (χ3v) is 3.07. The molecule has 0 aliphatic heterocycles. The Morgan fingerprint density at radius 2 is 2.11 bits per heavy atom. The highest BCUT2D eigenvalue weighted by molar-refractivity contribution is 14.1. The second-order valence-corrected chi connectivity index (χ2v) is 5.39. The quantitative estimate of drug-likeness (QED) is 0.585. The number of nitrogens with zero attached hydrogens (tertiary/aromatic N) is 2. The maximum atomic E-state index is 5.95. The van der Waals surface area contributed by atoms with Crippen molar-refractivity contribution in [3.05, 3.63) is 44.9 Å². The number of benzene rings is 1. The first-order chi connectivity index (χ1) is 8.67. The molecular weight excluding hydrogens is 363 g/mol. The molecule has 0 saturated heterocycles. The van der Waals surface area contributed by atoms with E-state index in [1.807, 2.05) is 24.3 Å². The molecule has 1 aromatic carbocycles. The molecule has 94 valence electrons. The number of hydrogen-bond donors (Lipinski definition) is 0. The first kappa shape index (κ1) is 13.5. The minimum atomic E-state index is 0.411. The highest BCUT2D eigenvalue weighted by atomic mass is 127. The standard InChI is InChI=1S/C13H12ClIN2O/c1-2-4-12-16-11(14)8-13(17-12)18-10-6-3-5-9(15)7-10/h3,5-8H,2,4H2,1H3. The average molecular weight is 375 g/mol. The van der Waals surface area contributed by atoms with Crippen LogP contribution < -0.4 is 4.74 Å². The lowest BCUT2D eigenvalue weighted by Crippen LogP contribution is -1.97. The van der Waals surface area contributed by atoms with Gasteiger partial charge in [-0.25, -0.2) is 4.98 Å². The molecule has 1 aromatic heterocycles. The van der Waals surface area contributed by atoms with E-state index in [9.17, 15) is 0 Å². The lowest BCUT2D eigenvalue weighted by Gasteiger charge is -2.07. The molecule has 5 heteroatoms. The Morgan fingerprint density at radius 1 is 1.28 bits per heavy atom. The van der Waals surface area contributed by atoms with Gasteiger partial charge in [0.2, 0.25) is 5.88 Å². The largest absolute Gasteiger partial charge is 0.439 e. The lowest BCUT2D eigenvalue weighted by atomic mass is 10.3. The van der Waals surface area contributed by atoms with Crippen molar-refractivity contribution >= 4 is 34.2 Å². The average Bonchev–Trinajstić information content (AvgIpc) is 2.28. The minimum Gasteiger partial charge on any atom is -0.439 e. The molecule has 2 aromatic rings. The summed E-state index contributed by atoms with van der Waals surface area (Å²) >= 11 is 8.19. The number of aromatic nitrogens is 2. The van der Waals surface area contributed by atoms with E-state index >= 15 is 0 Å². The maximum Gasteiger partial charge on any atom is 0.224 e. The SMILES string of the molecule is CCCc1nc(Cl)cc(Oc2cccc(I)c2)n1. The van der Waals surface area contributed by atoms with E-state index in [1.165, 1.54) is 0 Å². The van der Waals surface area contributed by atoms with Crippen LogP contribution in [0, 0.1) is 3.57 Å². The van der Waals surface area contributed by atoms with E-state index in [4.69, 9.17) is 16.3 Å². The molecule has 0 N–H and O–H groups in total. The smallest absolute Gasteiger partial charge is 0.224 e. The summed E-state index contributed by atoms with van der Waals surface area (Å²) in [5.41, 5.74) is 0. The molecule has 0 fully saturated rings. The first-order valence-electron chi connectivity index (χ1n) is 5.64. The van der Waals surface area contributed by atoms with Crippen LogP contribution in [-0.2, 0) is 6.42 Å². The molecule has 0 bridgehead atoms. The van der Waals surface area contributed by atoms with Gasteiger partial charge in [-0.1, -0.05) is 24.6 Å². The zero-order valence-corrected chi connectivity index (χ0v) is 12.8. The maximum absolute atomic E-state index is 5.95. The minimum absolute atomic E-state index is 0.411. The first-order valence-corrected chi connectivity index (χ1v) is 7.10. The predicted octanol–water partition coefficient (Wildman–Crippen LogP) is 4.48. The summed E-state index contributed by atoms with van der Waals surface area (Å²) in [6, 6.07) is 9.39. The molecular formula is C13H12ClIN2O. The van der Waals surface area contributed by atoms with Gasteiger partial charge in [-0.05, 0) is 47.2 Å². The fourth-order valence-electron chi connectivity index (χ4n) is 1.48. The summed E-state index contributed by atoms with van der Waals surface area (Å²) < 4.78 is 6.80. The van der Waals surface area contributed by atoms with E-state index in [0.717, 1.165) is 22.2 Å². The van der Waals surface area contributed by atoms with E-state index in [1.54, 1.807) is 6.07 Å². The zero-order chi connectivity index (χ0) is 13.0. The van der Waals surface area contributed by atoms with Gasteiger partial charge in [0.15, 0.2) is 0 Å². The second-order valence-electron chi connectivity index (χ2n) is 3.75. The fraction of sp³-hybridized carbons (Fsp3) is 0.231. The van der Waals surface area contributed by atoms with Crippen LogP contribution in [0.15, 0.2) is 30.3 Å². The molecule has 1 heterocycles. The monoisotopic (exact) mass is 374 g/mol. The van der Waals surface area contributed by atoms with Gasteiger partial charge in [-0.3, -0.25) is 0 Å². The molecule has 2 rings (SSSR count). The Hall–Kier alpha value is -0.880. The normalized spacial score (nSPS) is 10.4. The van der Waals surface area contributed by atoms with Crippen LogP contribution >= 0.6 is 34.2 Å². The van der Waals surface area contributed by atoms with E-state index < -0.39 is 0 Å². The van der Waals surface area contributed by atoms with Crippen molar-refractivity contribution in [2.24, 2.45) is 0 Å². The molecule has 0 amide bonds. The predicted molar refractivity (Wildman–Crippen MR) is 80.3 cm³/mol. The van der Waals surface area contributed by atoms with Crippen LogP contribution in [0.25, 0.3) is 0 Å². The Balaban J connectivity index is 2.23. The molecule has 0 spiro atoms. The van der Waals surface area contributed by atoms with Crippen LogP contribution in [0.4, 0.5) is 0 Å². The highest BCUT2D eigenvalue weighted by Gasteiger charge is 2.05. The molecule has 3 nitrogen and oxygen atoms in total. The summed E-state index contributed by atoms with van der Waals surface area (Å²) in [6.07, 6.45) is 1.77. The van der Waals surface area contributed by atoms with Crippen LogP contribution in [0.3, 0.4) is 0 Å². The molecule has 0 aliphatic carbocycles. The molecule has 18 heavy (non-hydrogen) atoms. The van der Waals surface area contributed by atoms with Gasteiger partial charge in [-0.15, -0.1) is 0 Å². The summed E-state index contributed by atoms with van der Waals surface area (Å²) in [4.78, 5) is 8.48. The Labute approximate surface area is 125 Å². The van der Waals surface area contributed by atoms with E-state index in [0.29, 0.717) is 16.9 Å². The van der Waals surface area contributed by atoms with Crippen molar-refractivity contribution in [1.29, 1.82) is 0 Å². The fourth-order valence-corrected chi connectivity index (χ4v) is 2.19. The van der Waals surface area contributed by atoms with E-state index in [2.05, 4.69) is 39.5 Å². The van der Waals surface area contributed by atoms with Gasteiger partial charge in [0.05, 0.1) is 0 Å². The lowest BCUT2D eigenvalue weighted by molar-refractivity contribution is 0.458. The van der Waals surface area contributed by atoms with Crippen molar-refractivity contribution < 1.29 is 4.74 Å². The summed E-state index contributed by atoms with van der Waals surface area (Å²) in [7, 11) is 0. The van der Waals surface area contributed by atoms with Gasteiger partial charge in [-0.2, -0.15) is 4.98 Å². The van der Waals surface area contributed by atoms with Gasteiger partial charge in [0.1, 0.15) is 16.7 Å². The highest BCUT2D eigenvalue weighted by Crippen LogP contribution is 2.23. The number of rotatable bonds is 4.